The van der Waals surface area contributed by atoms with Gasteiger partial charge in [0.05, 0.1) is 12.3 Å². The van der Waals surface area contributed by atoms with Crippen molar-refractivity contribution in [3.8, 4) is 0 Å². The number of fused-ring (bicyclic) bond motifs is 1. The Bertz CT molecular complexity index is 694. The van der Waals surface area contributed by atoms with Crippen LogP contribution in [0.2, 0.25) is 0 Å². The van der Waals surface area contributed by atoms with Crippen LogP contribution >= 0.6 is 11.3 Å². The minimum atomic E-state index is -0.559. The third-order valence-electron chi connectivity index (χ3n) is 3.02. The molecule has 0 amide bonds. The molecule has 1 atom stereocenters. The third-order valence-corrected chi connectivity index (χ3v) is 3.72. The van der Waals surface area contributed by atoms with Crippen molar-refractivity contribution in [3.05, 3.63) is 41.0 Å². The number of aromatic nitrogens is 3. The molecule has 0 fully saturated rings. The summed E-state index contributed by atoms with van der Waals surface area (Å²) in [4.78, 5) is 8.70. The van der Waals surface area contributed by atoms with Gasteiger partial charge in [-0.3, -0.25) is 0 Å². The van der Waals surface area contributed by atoms with E-state index in [-0.39, 0.29) is 0 Å². The van der Waals surface area contributed by atoms with Crippen molar-refractivity contribution in [1.82, 2.24) is 14.4 Å². The van der Waals surface area contributed by atoms with Gasteiger partial charge in [-0.15, -0.1) is 0 Å². The summed E-state index contributed by atoms with van der Waals surface area (Å²) in [5.41, 5.74) is 1.65. The van der Waals surface area contributed by atoms with E-state index in [1.807, 2.05) is 40.7 Å². The second kappa shape index (κ2) is 5.48. The van der Waals surface area contributed by atoms with E-state index in [1.54, 1.807) is 17.5 Å². The highest BCUT2D eigenvalue weighted by molar-refractivity contribution is 7.07. The Morgan fingerprint density at radius 1 is 1.50 bits per heavy atom. The van der Waals surface area contributed by atoms with Crippen LogP contribution < -0.4 is 10.6 Å². The highest BCUT2D eigenvalue weighted by Gasteiger charge is 2.11. The quantitative estimate of drug-likeness (QED) is 0.669. The van der Waals surface area contributed by atoms with Crippen molar-refractivity contribution in [2.45, 2.75) is 6.10 Å². The van der Waals surface area contributed by atoms with Crippen LogP contribution in [0.3, 0.4) is 0 Å². The average Bonchev–Trinajstić information content (AvgIpc) is 3.14. The van der Waals surface area contributed by atoms with Crippen LogP contribution in [-0.2, 0) is 0 Å². The summed E-state index contributed by atoms with van der Waals surface area (Å²) in [6.07, 6.45) is 4.88. The molecule has 3 aromatic heterocycles. The zero-order chi connectivity index (χ0) is 13.9. The van der Waals surface area contributed by atoms with Gasteiger partial charge < -0.3 is 20.1 Å². The van der Waals surface area contributed by atoms with Gasteiger partial charge in [0, 0.05) is 26.0 Å². The largest absolute Gasteiger partial charge is 0.387 e. The molecule has 3 aromatic rings. The number of hydrogen-bond acceptors (Lipinski definition) is 6. The highest BCUT2D eigenvalue weighted by Crippen LogP contribution is 2.19. The zero-order valence-corrected chi connectivity index (χ0v) is 11.8. The monoisotopic (exact) mass is 289 g/mol. The van der Waals surface area contributed by atoms with Crippen molar-refractivity contribution < 1.29 is 5.11 Å². The maximum atomic E-state index is 10.1. The van der Waals surface area contributed by atoms with Gasteiger partial charge in [-0.25, -0.2) is 9.97 Å². The maximum absolute atomic E-state index is 10.1. The van der Waals surface area contributed by atoms with Crippen LogP contribution in [0.1, 0.15) is 11.7 Å². The Hall–Kier alpha value is -2.12. The number of aliphatic hydroxyl groups excluding tert-OH is 1. The fourth-order valence-corrected chi connectivity index (χ4v) is 2.65. The molecule has 0 radical (unpaired) electrons. The average molecular weight is 289 g/mol. The van der Waals surface area contributed by atoms with Crippen molar-refractivity contribution >= 4 is 28.6 Å². The lowest BCUT2D eigenvalue weighted by atomic mass is 10.2. The second-order valence-corrected chi connectivity index (χ2v) is 5.12. The van der Waals surface area contributed by atoms with E-state index in [0.717, 1.165) is 17.0 Å². The molecule has 0 aliphatic carbocycles. The lowest BCUT2D eigenvalue weighted by Gasteiger charge is -2.12. The molecular formula is C13H15N5OS. The Morgan fingerprint density at radius 2 is 2.40 bits per heavy atom. The van der Waals surface area contributed by atoms with Crippen molar-refractivity contribution in [2.24, 2.45) is 0 Å². The molecule has 1 unspecified atom stereocenters. The van der Waals surface area contributed by atoms with E-state index in [2.05, 4.69) is 20.6 Å². The summed E-state index contributed by atoms with van der Waals surface area (Å²) in [5.74, 6) is 1.39. The molecule has 0 aromatic carbocycles. The van der Waals surface area contributed by atoms with Crippen LogP contribution in [0.5, 0.6) is 0 Å². The Balaban J connectivity index is 1.81. The van der Waals surface area contributed by atoms with Crippen LogP contribution in [0.15, 0.2) is 35.4 Å². The third kappa shape index (κ3) is 2.45. The molecule has 3 rings (SSSR count). The molecule has 104 valence electrons. The summed E-state index contributed by atoms with van der Waals surface area (Å²) in [5, 5.41) is 20.1. The Labute approximate surface area is 120 Å². The number of nitrogens with one attached hydrogen (secondary N) is 2. The van der Waals surface area contributed by atoms with Gasteiger partial charge in [0.15, 0.2) is 11.5 Å². The summed E-state index contributed by atoms with van der Waals surface area (Å²) < 4.78 is 1.89. The first-order chi connectivity index (χ1) is 9.78. The molecule has 0 saturated carbocycles. The Kier molecular flexibility index (Phi) is 3.53. The molecular weight excluding hydrogens is 274 g/mol. The minimum absolute atomic E-state index is 0.388. The number of nitrogens with zero attached hydrogens (tertiary/aromatic N) is 3. The van der Waals surface area contributed by atoms with Gasteiger partial charge in [0.1, 0.15) is 5.82 Å². The zero-order valence-electron chi connectivity index (χ0n) is 10.9. The SMILES string of the molecule is CNc1cn2ccnc2c(NCC(O)c2ccsc2)n1. The van der Waals surface area contributed by atoms with Gasteiger partial charge in [-0.05, 0) is 22.4 Å². The lowest BCUT2D eigenvalue weighted by molar-refractivity contribution is 0.192. The summed E-state index contributed by atoms with van der Waals surface area (Å²) >= 11 is 1.57. The fourth-order valence-electron chi connectivity index (χ4n) is 1.95. The minimum Gasteiger partial charge on any atom is -0.387 e. The normalized spacial score (nSPS) is 12.5. The maximum Gasteiger partial charge on any atom is 0.180 e. The molecule has 0 saturated heterocycles. The number of hydrogen-bond donors (Lipinski definition) is 3. The summed E-state index contributed by atoms with van der Waals surface area (Å²) in [6, 6.07) is 1.92. The van der Waals surface area contributed by atoms with Crippen LogP contribution in [0.4, 0.5) is 11.6 Å². The number of thiophene rings is 1. The first-order valence-electron chi connectivity index (χ1n) is 6.23. The van der Waals surface area contributed by atoms with E-state index in [1.165, 1.54) is 0 Å². The molecule has 0 spiro atoms. The molecule has 20 heavy (non-hydrogen) atoms. The molecule has 3 heterocycles. The lowest BCUT2D eigenvalue weighted by Crippen LogP contribution is -2.14. The van der Waals surface area contributed by atoms with Gasteiger partial charge >= 0.3 is 0 Å². The standard InChI is InChI=1S/C13H15N5OS/c1-14-11-7-18-4-3-15-13(18)12(17-11)16-6-10(19)9-2-5-20-8-9/h2-5,7-8,10,14,19H,6H2,1H3,(H,16,17). The van der Waals surface area contributed by atoms with Gasteiger partial charge in [0.25, 0.3) is 0 Å². The first-order valence-corrected chi connectivity index (χ1v) is 7.17. The van der Waals surface area contributed by atoms with E-state index in [9.17, 15) is 5.11 Å². The topological polar surface area (TPSA) is 74.5 Å². The van der Waals surface area contributed by atoms with Gasteiger partial charge in [0.2, 0.25) is 0 Å². The smallest absolute Gasteiger partial charge is 0.180 e. The second-order valence-electron chi connectivity index (χ2n) is 4.34. The van der Waals surface area contributed by atoms with Crippen LogP contribution in [-0.4, -0.2) is 33.1 Å². The van der Waals surface area contributed by atoms with Crippen molar-refractivity contribution in [3.63, 3.8) is 0 Å². The molecule has 3 N–H and O–H groups in total. The number of anilines is 2. The van der Waals surface area contributed by atoms with Crippen LogP contribution in [0.25, 0.3) is 5.65 Å². The number of aliphatic hydroxyl groups is 1. The molecule has 7 heteroatoms. The highest BCUT2D eigenvalue weighted by atomic mass is 32.1. The molecule has 0 bridgehead atoms. The van der Waals surface area contributed by atoms with Crippen molar-refractivity contribution in [1.29, 1.82) is 0 Å². The Morgan fingerprint density at radius 3 is 3.15 bits per heavy atom. The van der Waals surface area contributed by atoms with Gasteiger partial charge in [-0.1, -0.05) is 0 Å². The predicted molar refractivity (Wildman–Crippen MR) is 80.3 cm³/mol. The van der Waals surface area contributed by atoms with E-state index < -0.39 is 6.10 Å². The molecule has 0 aliphatic heterocycles. The molecule has 6 nitrogen and oxygen atoms in total. The van der Waals surface area contributed by atoms with E-state index in [0.29, 0.717) is 12.4 Å². The van der Waals surface area contributed by atoms with E-state index in [4.69, 9.17) is 0 Å². The van der Waals surface area contributed by atoms with Crippen LogP contribution in [0, 0.1) is 0 Å². The summed E-state index contributed by atoms with van der Waals surface area (Å²) in [7, 11) is 1.81. The predicted octanol–water partition coefficient (Wildman–Crippen LogP) is 1.98. The number of rotatable bonds is 5. The fraction of sp³-hybridized carbons (Fsp3) is 0.231. The van der Waals surface area contributed by atoms with E-state index >= 15 is 0 Å². The molecule has 0 aliphatic rings. The first kappa shape index (κ1) is 12.9. The summed E-state index contributed by atoms with van der Waals surface area (Å²) in [6.45, 7) is 0.388. The van der Waals surface area contributed by atoms with Crippen molar-refractivity contribution in [2.75, 3.05) is 24.2 Å². The number of imidazole rings is 1. The van der Waals surface area contributed by atoms with Gasteiger partial charge in [-0.2, -0.15) is 11.3 Å².